The summed E-state index contributed by atoms with van der Waals surface area (Å²) in [5.41, 5.74) is 0.563. The molecule has 0 aromatic carbocycles. The molecule has 1 fully saturated rings. The number of halogens is 1. The molecule has 1 aliphatic heterocycles. The van der Waals surface area contributed by atoms with Gasteiger partial charge < -0.3 is 9.64 Å². The zero-order valence-corrected chi connectivity index (χ0v) is 14.1. The smallest absolute Gasteiger partial charge is 0.219 e. The minimum absolute atomic E-state index is 0.102. The minimum atomic E-state index is -0.529. The van der Waals surface area contributed by atoms with E-state index in [0.717, 1.165) is 25.9 Å². The van der Waals surface area contributed by atoms with Gasteiger partial charge in [0.1, 0.15) is 5.70 Å². The minimum Gasteiger partial charge on any atom is -0.498 e. The number of hydrogen-bond donors (Lipinski definition) is 1. The third-order valence-electron chi connectivity index (χ3n) is 4.08. The largest absolute Gasteiger partial charge is 0.498 e. The molecule has 0 unspecified atom stereocenters. The second-order valence-electron chi connectivity index (χ2n) is 5.84. The SMILES string of the molecule is C=N/C(=C(F)\C=C(/C)OCC1CCN(C(C)=O)CC1)c1ccn[nH]1. The molecule has 0 atom stereocenters. The van der Waals surface area contributed by atoms with Gasteiger partial charge in [-0.25, -0.2) is 4.39 Å². The van der Waals surface area contributed by atoms with Gasteiger partial charge in [0.2, 0.25) is 5.91 Å². The van der Waals surface area contributed by atoms with Crippen molar-refractivity contribution < 1.29 is 13.9 Å². The molecule has 0 radical (unpaired) electrons. The number of carbonyl (C=O) groups excluding carboxylic acids is 1. The normalized spacial score (nSPS) is 17.5. The van der Waals surface area contributed by atoms with E-state index in [1.54, 1.807) is 19.9 Å². The molecule has 0 aliphatic carbocycles. The van der Waals surface area contributed by atoms with Gasteiger partial charge in [-0.2, -0.15) is 5.10 Å². The summed E-state index contributed by atoms with van der Waals surface area (Å²) in [6.07, 6.45) is 4.63. The van der Waals surface area contributed by atoms with E-state index in [9.17, 15) is 9.18 Å². The fourth-order valence-electron chi connectivity index (χ4n) is 2.63. The number of aliphatic imine (C=N–C) groups is 1. The van der Waals surface area contributed by atoms with E-state index in [-0.39, 0.29) is 11.6 Å². The standard InChI is InChI=1S/C17H23FN4O2/c1-12(10-15(18)17(19-3)16-4-7-20-21-16)24-11-14-5-8-22(9-6-14)13(2)23/h4,7,10,14H,3,5-6,8-9,11H2,1-2H3,(H,20,21)/b12-10+,17-15+. The van der Waals surface area contributed by atoms with Crippen molar-refractivity contribution in [2.45, 2.75) is 26.7 Å². The van der Waals surface area contributed by atoms with E-state index in [0.29, 0.717) is 24.0 Å². The maximum atomic E-state index is 14.3. The first-order valence-electron chi connectivity index (χ1n) is 7.94. The van der Waals surface area contributed by atoms with E-state index in [4.69, 9.17) is 4.74 Å². The molecule has 0 spiro atoms. The van der Waals surface area contributed by atoms with E-state index in [1.807, 2.05) is 4.90 Å². The Balaban J connectivity index is 1.90. The van der Waals surface area contributed by atoms with Gasteiger partial charge in [-0.05, 0) is 38.5 Å². The molecular weight excluding hydrogens is 311 g/mol. The van der Waals surface area contributed by atoms with Gasteiger partial charge >= 0.3 is 0 Å². The molecule has 1 aromatic heterocycles. The van der Waals surface area contributed by atoms with Crippen LogP contribution in [0.25, 0.3) is 5.70 Å². The van der Waals surface area contributed by atoms with E-state index in [1.165, 1.54) is 12.3 Å². The van der Waals surface area contributed by atoms with E-state index >= 15 is 0 Å². The first-order valence-corrected chi connectivity index (χ1v) is 7.94. The number of likely N-dealkylation sites (tertiary alicyclic amines) is 1. The van der Waals surface area contributed by atoms with Crippen molar-refractivity contribution in [2.75, 3.05) is 19.7 Å². The van der Waals surface area contributed by atoms with Crippen LogP contribution >= 0.6 is 0 Å². The van der Waals surface area contributed by atoms with Gasteiger partial charge in [-0.3, -0.25) is 14.9 Å². The van der Waals surface area contributed by atoms with Crippen LogP contribution in [0.2, 0.25) is 0 Å². The van der Waals surface area contributed by atoms with Gasteiger partial charge in [0, 0.05) is 32.3 Å². The number of piperidine rings is 1. The Morgan fingerprint density at radius 1 is 1.54 bits per heavy atom. The van der Waals surface area contributed by atoms with Gasteiger partial charge in [0.05, 0.1) is 18.1 Å². The van der Waals surface area contributed by atoms with Gasteiger partial charge in [0.15, 0.2) is 5.83 Å². The summed E-state index contributed by atoms with van der Waals surface area (Å²) in [5, 5.41) is 6.43. The lowest BCUT2D eigenvalue weighted by atomic mass is 9.98. The Hall–Kier alpha value is -2.44. The maximum Gasteiger partial charge on any atom is 0.219 e. The first-order chi connectivity index (χ1) is 11.5. The molecule has 1 N–H and O–H groups in total. The van der Waals surface area contributed by atoms with Crippen molar-refractivity contribution in [2.24, 2.45) is 10.9 Å². The summed E-state index contributed by atoms with van der Waals surface area (Å²) < 4.78 is 19.9. The number of carbonyl (C=O) groups is 1. The highest BCUT2D eigenvalue weighted by atomic mass is 19.1. The predicted molar refractivity (Wildman–Crippen MR) is 90.9 cm³/mol. The highest BCUT2D eigenvalue weighted by Crippen LogP contribution is 2.22. The Morgan fingerprint density at radius 2 is 2.25 bits per heavy atom. The average molecular weight is 334 g/mol. The monoisotopic (exact) mass is 334 g/mol. The lowest BCUT2D eigenvalue weighted by Gasteiger charge is -2.31. The summed E-state index contributed by atoms with van der Waals surface area (Å²) in [6.45, 7) is 8.71. The molecule has 2 rings (SSSR count). The lowest BCUT2D eigenvalue weighted by Crippen LogP contribution is -2.38. The van der Waals surface area contributed by atoms with Crippen molar-refractivity contribution >= 4 is 18.3 Å². The number of allylic oxidation sites excluding steroid dienone is 3. The summed E-state index contributed by atoms with van der Waals surface area (Å²) in [4.78, 5) is 16.8. The third kappa shape index (κ3) is 4.78. The maximum absolute atomic E-state index is 14.3. The van der Waals surface area contributed by atoms with Crippen LogP contribution in [0, 0.1) is 5.92 Å². The van der Waals surface area contributed by atoms with Crippen molar-refractivity contribution in [3.63, 3.8) is 0 Å². The van der Waals surface area contributed by atoms with Crippen LogP contribution in [0.1, 0.15) is 32.4 Å². The Morgan fingerprint density at radius 3 is 2.79 bits per heavy atom. The number of H-pyrrole nitrogens is 1. The van der Waals surface area contributed by atoms with Crippen LogP contribution < -0.4 is 0 Å². The fourth-order valence-corrected chi connectivity index (χ4v) is 2.63. The number of ether oxygens (including phenoxy) is 1. The first kappa shape index (κ1) is 17.9. The number of hydrogen-bond acceptors (Lipinski definition) is 4. The molecule has 6 nitrogen and oxygen atoms in total. The average Bonchev–Trinajstić information content (AvgIpc) is 3.08. The Labute approximate surface area is 141 Å². The summed E-state index contributed by atoms with van der Waals surface area (Å²) in [5.74, 6) is 0.432. The quantitative estimate of drug-likeness (QED) is 0.494. The summed E-state index contributed by atoms with van der Waals surface area (Å²) in [7, 11) is 0. The third-order valence-corrected chi connectivity index (χ3v) is 4.08. The lowest BCUT2D eigenvalue weighted by molar-refractivity contribution is -0.130. The number of aromatic nitrogens is 2. The predicted octanol–water partition coefficient (Wildman–Crippen LogP) is 2.93. The van der Waals surface area contributed by atoms with E-state index < -0.39 is 5.83 Å². The molecule has 2 heterocycles. The van der Waals surface area contributed by atoms with Crippen LogP contribution in [-0.2, 0) is 9.53 Å². The molecular formula is C17H23FN4O2. The molecule has 24 heavy (non-hydrogen) atoms. The number of nitrogens with zero attached hydrogens (tertiary/aromatic N) is 3. The van der Waals surface area contributed by atoms with Gasteiger partial charge in [-0.1, -0.05) is 0 Å². The fraction of sp³-hybridized carbons (Fsp3) is 0.471. The topological polar surface area (TPSA) is 70.6 Å². The zero-order chi connectivity index (χ0) is 17.5. The van der Waals surface area contributed by atoms with Crippen LogP contribution in [0.4, 0.5) is 4.39 Å². The van der Waals surface area contributed by atoms with Gasteiger partial charge in [-0.15, -0.1) is 0 Å². The van der Waals surface area contributed by atoms with Crippen LogP contribution in [-0.4, -0.2) is 47.4 Å². The summed E-state index contributed by atoms with van der Waals surface area (Å²) >= 11 is 0. The summed E-state index contributed by atoms with van der Waals surface area (Å²) in [6, 6.07) is 1.62. The van der Waals surface area contributed by atoms with Crippen LogP contribution in [0.15, 0.2) is 34.9 Å². The van der Waals surface area contributed by atoms with Crippen molar-refractivity contribution in [1.29, 1.82) is 0 Å². The van der Waals surface area contributed by atoms with Gasteiger partial charge in [0.25, 0.3) is 0 Å². The number of aromatic amines is 1. The zero-order valence-electron chi connectivity index (χ0n) is 14.1. The highest BCUT2D eigenvalue weighted by molar-refractivity contribution is 5.73. The number of amides is 1. The van der Waals surface area contributed by atoms with E-state index in [2.05, 4.69) is 21.9 Å². The molecule has 0 saturated carbocycles. The second-order valence-corrected chi connectivity index (χ2v) is 5.84. The molecule has 1 aromatic rings. The van der Waals surface area contributed by atoms with Crippen LogP contribution in [0.5, 0.6) is 0 Å². The molecule has 0 bridgehead atoms. The number of nitrogens with one attached hydrogen (secondary N) is 1. The van der Waals surface area contributed by atoms with Crippen molar-refractivity contribution in [3.05, 3.63) is 35.6 Å². The molecule has 1 amide bonds. The molecule has 1 aliphatic rings. The molecule has 1 saturated heterocycles. The van der Waals surface area contributed by atoms with Crippen molar-refractivity contribution in [1.82, 2.24) is 15.1 Å². The van der Waals surface area contributed by atoms with Crippen LogP contribution in [0.3, 0.4) is 0 Å². The second kappa shape index (κ2) is 8.42. The molecule has 7 heteroatoms. The Kier molecular flexibility index (Phi) is 6.28. The number of rotatable bonds is 6. The molecule has 130 valence electrons. The van der Waals surface area contributed by atoms with Crippen molar-refractivity contribution in [3.8, 4) is 0 Å². The highest BCUT2D eigenvalue weighted by Gasteiger charge is 2.21. The Bertz CT molecular complexity index is 629.